The minimum atomic E-state index is -4.48. The number of imidazole rings is 2. The summed E-state index contributed by atoms with van der Waals surface area (Å²) >= 11 is 0. The normalized spacial score (nSPS) is 14.5. The first-order chi connectivity index (χ1) is 29.7. The summed E-state index contributed by atoms with van der Waals surface area (Å²) in [6.45, 7) is 5.15. The minimum absolute atomic E-state index is 0.357. The largest absolute Gasteiger partial charge is 0.495 e. The molecule has 5 aromatic heterocycles. The third-order valence-corrected chi connectivity index (χ3v) is 10.3. The zero-order valence-electron chi connectivity index (χ0n) is 34.2. The van der Waals surface area contributed by atoms with E-state index in [4.69, 9.17) is 9.31 Å². The minimum Gasteiger partial charge on any atom is -0.399 e. The molecule has 0 saturated carbocycles. The number of nitrogens with one attached hydrogen (secondary N) is 4. The van der Waals surface area contributed by atoms with Crippen LogP contribution in [0.5, 0.6) is 0 Å². The molecule has 1 aliphatic rings. The molecule has 20 heteroatoms. The SMILES string of the molecule is CC1(C)OB(c2ccn3c(-c4cccc(NC(=O)NCC(F)(F)F)c4)cnc3c2)OC1(C)C.O=C(NCC(F)(F)F)Nc1cccc(-c2cnc3cc(-c4ccccn4)ccn23)c1. The van der Waals surface area contributed by atoms with Gasteiger partial charge in [-0.3, -0.25) is 13.8 Å². The van der Waals surface area contributed by atoms with Crippen molar-refractivity contribution in [2.75, 3.05) is 23.7 Å². The molecule has 1 fully saturated rings. The molecule has 7 aromatic rings. The van der Waals surface area contributed by atoms with Crippen molar-refractivity contribution in [2.45, 2.75) is 51.2 Å². The van der Waals surface area contributed by atoms with Crippen LogP contribution in [0.2, 0.25) is 0 Å². The number of nitrogens with zero attached hydrogens (tertiary/aromatic N) is 5. The molecule has 2 aromatic carbocycles. The highest BCUT2D eigenvalue weighted by Gasteiger charge is 2.51. The van der Waals surface area contributed by atoms with Crippen molar-refractivity contribution in [3.63, 3.8) is 0 Å². The second-order valence-corrected chi connectivity index (χ2v) is 15.4. The van der Waals surface area contributed by atoms with Crippen molar-refractivity contribution in [1.29, 1.82) is 0 Å². The van der Waals surface area contributed by atoms with Crippen LogP contribution in [0.1, 0.15) is 27.7 Å². The number of halogens is 6. The summed E-state index contributed by atoms with van der Waals surface area (Å²) in [5, 5.41) is 8.38. The maximum atomic E-state index is 12.3. The van der Waals surface area contributed by atoms with E-state index in [1.54, 1.807) is 65.6 Å². The summed E-state index contributed by atoms with van der Waals surface area (Å²) in [5.74, 6) is 0. The summed E-state index contributed by atoms with van der Waals surface area (Å²) < 4.78 is 89.5. The topological polar surface area (TPSA) is 148 Å². The number of fused-ring (bicyclic) bond motifs is 2. The Morgan fingerprint density at radius 1 is 0.619 bits per heavy atom. The molecule has 0 atom stereocenters. The van der Waals surface area contributed by atoms with Crippen molar-refractivity contribution >= 4 is 47.3 Å². The van der Waals surface area contributed by atoms with E-state index in [0.717, 1.165) is 44.9 Å². The van der Waals surface area contributed by atoms with Gasteiger partial charge in [-0.15, -0.1) is 0 Å². The summed E-state index contributed by atoms with van der Waals surface area (Å²) in [4.78, 5) is 36.7. The van der Waals surface area contributed by atoms with Gasteiger partial charge in [-0.25, -0.2) is 19.6 Å². The lowest BCUT2D eigenvalue weighted by molar-refractivity contribution is -0.123. The average molecular weight is 872 g/mol. The van der Waals surface area contributed by atoms with E-state index in [0.29, 0.717) is 17.0 Å². The van der Waals surface area contributed by atoms with Crippen molar-refractivity contribution in [3.05, 3.63) is 122 Å². The monoisotopic (exact) mass is 871 g/mol. The number of hydrogen-bond acceptors (Lipinski definition) is 7. The number of pyridine rings is 3. The highest BCUT2D eigenvalue weighted by Crippen LogP contribution is 2.37. The van der Waals surface area contributed by atoms with E-state index in [9.17, 15) is 35.9 Å². The second-order valence-electron chi connectivity index (χ2n) is 15.4. The van der Waals surface area contributed by atoms with Crippen LogP contribution in [0.4, 0.5) is 47.3 Å². The Kier molecular flexibility index (Phi) is 12.2. The average Bonchev–Trinajstić information content (AvgIpc) is 3.92. The second kappa shape index (κ2) is 17.4. The molecule has 4 N–H and O–H groups in total. The molecule has 63 heavy (non-hydrogen) atoms. The van der Waals surface area contributed by atoms with Crippen molar-refractivity contribution in [3.8, 4) is 33.8 Å². The highest BCUT2D eigenvalue weighted by molar-refractivity contribution is 6.62. The summed E-state index contributed by atoms with van der Waals surface area (Å²) in [5.41, 5.74) is 6.83. The first-order valence-corrected chi connectivity index (χ1v) is 19.4. The summed E-state index contributed by atoms with van der Waals surface area (Å²) in [6, 6.07) is 25.0. The number of amides is 4. The number of carbonyl (C=O) groups excluding carboxylic acids is 2. The Balaban J connectivity index is 0.000000190. The van der Waals surface area contributed by atoms with E-state index in [1.807, 2.05) is 103 Å². The van der Waals surface area contributed by atoms with E-state index in [1.165, 1.54) is 0 Å². The van der Waals surface area contributed by atoms with Crippen LogP contribution >= 0.6 is 0 Å². The lowest BCUT2D eigenvalue weighted by Gasteiger charge is -2.32. The van der Waals surface area contributed by atoms with Crippen molar-refractivity contribution in [1.82, 2.24) is 34.4 Å². The summed E-state index contributed by atoms with van der Waals surface area (Å²) in [6.07, 6.45) is -0.114. The third kappa shape index (κ3) is 10.8. The van der Waals surface area contributed by atoms with Crippen LogP contribution in [0.25, 0.3) is 45.1 Å². The smallest absolute Gasteiger partial charge is 0.399 e. The van der Waals surface area contributed by atoms with Gasteiger partial charge >= 0.3 is 31.5 Å². The lowest BCUT2D eigenvalue weighted by Crippen LogP contribution is -2.41. The standard InChI is InChI=1S/C22H24BF3N4O3.C21H16F3N5O/c1-20(2)21(3,4)33-23(32-20)15-8-9-30-17(12-27-18(30)11-15)14-6-5-7-16(10-14)29-19(31)28-13-22(24,25)26;22-21(23,24)13-27-20(30)28-16-5-3-4-15(10-16)18-12-26-19-11-14(7-9-29(18)19)17-6-1-2-8-25-17/h5-12H,13H2,1-4H3,(H2,28,29,31);1-12H,13H2,(H2,27,28,30). The molecule has 0 bridgehead atoms. The van der Waals surface area contributed by atoms with Gasteiger partial charge in [0, 0.05) is 46.7 Å². The first kappa shape index (κ1) is 44.1. The van der Waals surface area contributed by atoms with Gasteiger partial charge < -0.3 is 30.6 Å². The Bertz CT molecular complexity index is 2740. The Morgan fingerprint density at radius 2 is 1.13 bits per heavy atom. The van der Waals surface area contributed by atoms with Crippen LogP contribution in [-0.4, -0.2) is 79.6 Å². The predicted molar refractivity (Wildman–Crippen MR) is 226 cm³/mol. The number of rotatable bonds is 8. The van der Waals surface area contributed by atoms with Gasteiger partial charge in [0.25, 0.3) is 0 Å². The molecule has 0 spiro atoms. The molecule has 0 radical (unpaired) electrons. The first-order valence-electron chi connectivity index (χ1n) is 19.4. The van der Waals surface area contributed by atoms with Crippen molar-refractivity contribution in [2.24, 2.45) is 0 Å². The Hall–Kier alpha value is -6.93. The zero-order chi connectivity index (χ0) is 45.2. The van der Waals surface area contributed by atoms with Gasteiger partial charge in [-0.1, -0.05) is 30.3 Å². The number of benzene rings is 2. The fourth-order valence-corrected chi connectivity index (χ4v) is 6.45. The quantitative estimate of drug-likeness (QED) is 0.0882. The van der Waals surface area contributed by atoms with Crippen LogP contribution < -0.4 is 26.7 Å². The number of alkyl halides is 6. The predicted octanol–water partition coefficient (Wildman–Crippen LogP) is 8.73. The van der Waals surface area contributed by atoms with E-state index < -0.39 is 55.8 Å². The fourth-order valence-electron chi connectivity index (χ4n) is 6.45. The Labute approximate surface area is 357 Å². The number of aromatic nitrogens is 5. The van der Waals surface area contributed by atoms with Crippen molar-refractivity contribution < 1.29 is 45.2 Å². The maximum Gasteiger partial charge on any atom is 0.495 e. The number of carbonyl (C=O) groups is 2. The van der Waals surface area contributed by atoms with Gasteiger partial charge in [0.15, 0.2) is 0 Å². The molecular formula is C43H40BF6N9O4. The molecule has 326 valence electrons. The zero-order valence-corrected chi connectivity index (χ0v) is 34.2. The fraction of sp³-hybridized carbons (Fsp3) is 0.233. The molecule has 8 rings (SSSR count). The van der Waals surface area contributed by atoms with E-state index in [2.05, 4.69) is 25.6 Å². The molecule has 6 heterocycles. The molecule has 4 amide bonds. The lowest BCUT2D eigenvalue weighted by atomic mass is 9.80. The molecule has 0 aliphatic carbocycles. The molecule has 1 aliphatic heterocycles. The van der Waals surface area contributed by atoms with Gasteiger partial charge in [0.05, 0.1) is 40.7 Å². The van der Waals surface area contributed by atoms with Crippen LogP contribution in [-0.2, 0) is 9.31 Å². The van der Waals surface area contributed by atoms with Gasteiger partial charge in [0.2, 0.25) is 0 Å². The van der Waals surface area contributed by atoms with Crippen LogP contribution in [0.15, 0.2) is 122 Å². The van der Waals surface area contributed by atoms with Crippen LogP contribution in [0, 0.1) is 0 Å². The number of hydrogen-bond donors (Lipinski definition) is 4. The van der Waals surface area contributed by atoms with Gasteiger partial charge in [0.1, 0.15) is 24.4 Å². The van der Waals surface area contributed by atoms with E-state index in [-0.39, 0.29) is 0 Å². The highest BCUT2D eigenvalue weighted by atomic mass is 19.4. The number of anilines is 2. The molecule has 1 saturated heterocycles. The van der Waals surface area contributed by atoms with Gasteiger partial charge in [-0.05, 0) is 93.8 Å². The maximum absolute atomic E-state index is 12.3. The van der Waals surface area contributed by atoms with E-state index >= 15 is 0 Å². The van der Waals surface area contributed by atoms with Crippen LogP contribution in [0.3, 0.4) is 0 Å². The molecule has 0 unspecified atom stereocenters. The third-order valence-electron chi connectivity index (χ3n) is 10.3. The van der Waals surface area contributed by atoms with Gasteiger partial charge in [-0.2, -0.15) is 26.3 Å². The Morgan fingerprint density at radius 3 is 1.62 bits per heavy atom. The molecule has 13 nitrogen and oxygen atoms in total. The molecular weight excluding hydrogens is 831 g/mol. The number of urea groups is 2. The summed E-state index contributed by atoms with van der Waals surface area (Å²) in [7, 11) is -0.511.